The second kappa shape index (κ2) is 8.36. The van der Waals surface area contributed by atoms with Gasteiger partial charge in [-0.05, 0) is 36.9 Å². The summed E-state index contributed by atoms with van der Waals surface area (Å²) in [7, 11) is 1.66. The highest BCUT2D eigenvalue weighted by Gasteiger charge is 2.23. The van der Waals surface area contributed by atoms with Crippen molar-refractivity contribution in [2.24, 2.45) is 5.92 Å². The lowest BCUT2D eigenvalue weighted by atomic mass is 9.95. The molecule has 1 fully saturated rings. The molecule has 1 aromatic rings. The number of thiophene rings is 1. The van der Waals surface area contributed by atoms with E-state index in [9.17, 15) is 9.59 Å². The van der Waals surface area contributed by atoms with Gasteiger partial charge >= 0.3 is 0 Å². The number of hydrogen-bond donors (Lipinski definition) is 2. The van der Waals surface area contributed by atoms with E-state index in [4.69, 9.17) is 0 Å². The fraction of sp³-hybridized carbons (Fsp3) is 0.571. The standard InChI is InChI=1S/C14H21N3O2S.ClH/c1-10-8-15-6-5-11(10)16-13(18)9-17(2)14(19)12-4-3-7-20-12;/h3-4,7,10-11,15H,5-6,8-9H2,1-2H3,(H,16,18);1H. The van der Waals surface area contributed by atoms with E-state index < -0.39 is 0 Å². The van der Waals surface area contributed by atoms with Crippen LogP contribution in [0.4, 0.5) is 0 Å². The number of carbonyl (C=O) groups is 2. The van der Waals surface area contributed by atoms with Crippen LogP contribution in [0.2, 0.25) is 0 Å². The Morgan fingerprint density at radius 3 is 2.90 bits per heavy atom. The van der Waals surface area contributed by atoms with E-state index in [0.717, 1.165) is 19.5 Å². The third-order valence-corrected chi connectivity index (χ3v) is 4.45. The van der Waals surface area contributed by atoms with Crippen LogP contribution < -0.4 is 10.6 Å². The average molecular weight is 332 g/mol. The van der Waals surface area contributed by atoms with Crippen LogP contribution in [0.1, 0.15) is 23.0 Å². The Balaban J connectivity index is 0.00000220. The molecule has 1 saturated heterocycles. The van der Waals surface area contributed by atoms with Gasteiger partial charge in [-0.3, -0.25) is 9.59 Å². The molecule has 2 rings (SSSR count). The lowest BCUT2D eigenvalue weighted by Crippen LogP contribution is -2.50. The molecule has 7 heteroatoms. The number of carbonyl (C=O) groups excluding carboxylic acids is 2. The van der Waals surface area contributed by atoms with Gasteiger partial charge in [0.15, 0.2) is 0 Å². The lowest BCUT2D eigenvalue weighted by Gasteiger charge is -2.30. The summed E-state index contributed by atoms with van der Waals surface area (Å²) in [4.78, 5) is 26.2. The van der Waals surface area contributed by atoms with E-state index >= 15 is 0 Å². The molecule has 2 atom stereocenters. The normalized spacial score (nSPS) is 21.2. The molecule has 1 aromatic heterocycles. The zero-order valence-electron chi connectivity index (χ0n) is 12.3. The number of hydrogen-bond acceptors (Lipinski definition) is 4. The number of piperidine rings is 1. The summed E-state index contributed by atoms with van der Waals surface area (Å²) in [6, 6.07) is 3.81. The van der Waals surface area contributed by atoms with Crippen molar-refractivity contribution in [2.75, 3.05) is 26.7 Å². The smallest absolute Gasteiger partial charge is 0.264 e. The minimum absolute atomic E-state index is 0. The molecule has 1 aliphatic rings. The molecule has 118 valence electrons. The third kappa shape index (κ3) is 4.98. The fourth-order valence-electron chi connectivity index (χ4n) is 2.36. The maximum absolute atomic E-state index is 12.0. The average Bonchev–Trinajstić information content (AvgIpc) is 2.94. The highest BCUT2D eigenvalue weighted by molar-refractivity contribution is 7.12. The first-order valence-electron chi connectivity index (χ1n) is 6.87. The van der Waals surface area contributed by atoms with Crippen LogP contribution in [-0.4, -0.2) is 49.4 Å². The maximum Gasteiger partial charge on any atom is 0.264 e. The molecule has 1 aliphatic heterocycles. The van der Waals surface area contributed by atoms with Gasteiger partial charge in [0.2, 0.25) is 5.91 Å². The van der Waals surface area contributed by atoms with Crippen molar-refractivity contribution < 1.29 is 9.59 Å². The molecule has 0 bridgehead atoms. The monoisotopic (exact) mass is 331 g/mol. The molecule has 2 amide bonds. The highest BCUT2D eigenvalue weighted by atomic mass is 35.5. The summed E-state index contributed by atoms with van der Waals surface area (Å²) < 4.78 is 0. The van der Waals surface area contributed by atoms with Gasteiger partial charge in [-0.25, -0.2) is 0 Å². The molecular formula is C14H22ClN3O2S. The Morgan fingerprint density at radius 1 is 1.52 bits per heavy atom. The van der Waals surface area contributed by atoms with Gasteiger partial charge in [-0.2, -0.15) is 0 Å². The molecule has 2 heterocycles. The lowest BCUT2D eigenvalue weighted by molar-refractivity contribution is -0.122. The van der Waals surface area contributed by atoms with Gasteiger partial charge < -0.3 is 15.5 Å². The highest BCUT2D eigenvalue weighted by Crippen LogP contribution is 2.12. The number of nitrogens with one attached hydrogen (secondary N) is 2. The Labute approximate surface area is 135 Å². The second-order valence-corrected chi connectivity index (χ2v) is 6.23. The van der Waals surface area contributed by atoms with E-state index in [2.05, 4.69) is 17.6 Å². The summed E-state index contributed by atoms with van der Waals surface area (Å²) in [6.45, 7) is 4.08. The third-order valence-electron chi connectivity index (χ3n) is 3.59. The molecule has 2 unspecified atom stereocenters. The molecule has 0 aromatic carbocycles. The first-order valence-corrected chi connectivity index (χ1v) is 7.75. The predicted molar refractivity (Wildman–Crippen MR) is 87.1 cm³/mol. The minimum Gasteiger partial charge on any atom is -0.351 e. The quantitative estimate of drug-likeness (QED) is 0.875. The van der Waals surface area contributed by atoms with Crippen LogP contribution in [0.25, 0.3) is 0 Å². The van der Waals surface area contributed by atoms with Crippen molar-refractivity contribution in [1.82, 2.24) is 15.5 Å². The molecule has 0 aliphatic carbocycles. The second-order valence-electron chi connectivity index (χ2n) is 5.28. The van der Waals surface area contributed by atoms with Crippen LogP contribution in [0.5, 0.6) is 0 Å². The van der Waals surface area contributed by atoms with Gasteiger partial charge in [-0.1, -0.05) is 13.0 Å². The topological polar surface area (TPSA) is 61.4 Å². The zero-order chi connectivity index (χ0) is 14.5. The van der Waals surface area contributed by atoms with Gasteiger partial charge in [-0.15, -0.1) is 23.7 Å². The number of likely N-dealkylation sites (N-methyl/N-ethyl adjacent to an activating group) is 1. The van der Waals surface area contributed by atoms with Crippen molar-refractivity contribution in [2.45, 2.75) is 19.4 Å². The van der Waals surface area contributed by atoms with Crippen LogP contribution in [0, 0.1) is 5.92 Å². The minimum atomic E-state index is -0.103. The fourth-order valence-corrected chi connectivity index (χ4v) is 3.07. The molecule has 5 nitrogen and oxygen atoms in total. The van der Waals surface area contributed by atoms with Crippen molar-refractivity contribution >= 4 is 35.6 Å². The first kappa shape index (κ1) is 17.9. The first-order chi connectivity index (χ1) is 9.58. The van der Waals surface area contributed by atoms with E-state index in [1.165, 1.54) is 16.2 Å². The van der Waals surface area contributed by atoms with Crippen molar-refractivity contribution in [3.8, 4) is 0 Å². The van der Waals surface area contributed by atoms with Gasteiger partial charge in [0, 0.05) is 13.1 Å². The predicted octanol–water partition coefficient (Wildman–Crippen LogP) is 1.36. The van der Waals surface area contributed by atoms with Gasteiger partial charge in [0.05, 0.1) is 11.4 Å². The SMILES string of the molecule is CC1CNCCC1NC(=O)CN(C)C(=O)c1cccs1.Cl. The molecular weight excluding hydrogens is 310 g/mol. The number of amides is 2. The molecule has 2 N–H and O–H groups in total. The zero-order valence-corrected chi connectivity index (χ0v) is 13.9. The van der Waals surface area contributed by atoms with Crippen molar-refractivity contribution in [3.05, 3.63) is 22.4 Å². The number of rotatable bonds is 4. The van der Waals surface area contributed by atoms with Crippen LogP contribution >= 0.6 is 23.7 Å². The summed E-state index contributed by atoms with van der Waals surface area (Å²) in [6.07, 6.45) is 0.940. The van der Waals surface area contributed by atoms with Crippen LogP contribution in [-0.2, 0) is 4.79 Å². The van der Waals surface area contributed by atoms with Crippen molar-refractivity contribution in [1.29, 1.82) is 0 Å². The van der Waals surface area contributed by atoms with E-state index in [1.807, 2.05) is 11.4 Å². The van der Waals surface area contributed by atoms with E-state index in [-0.39, 0.29) is 36.8 Å². The van der Waals surface area contributed by atoms with Gasteiger partial charge in [0.1, 0.15) is 0 Å². The Morgan fingerprint density at radius 2 is 2.29 bits per heavy atom. The largest absolute Gasteiger partial charge is 0.351 e. The maximum atomic E-state index is 12.0. The molecule has 0 spiro atoms. The van der Waals surface area contributed by atoms with E-state index in [1.54, 1.807) is 13.1 Å². The molecule has 0 saturated carbocycles. The summed E-state index contributed by atoms with van der Waals surface area (Å²) in [5.41, 5.74) is 0. The number of nitrogens with zero attached hydrogens (tertiary/aromatic N) is 1. The summed E-state index contributed by atoms with van der Waals surface area (Å²) in [5.74, 6) is 0.232. The Bertz CT molecular complexity index is 467. The van der Waals surface area contributed by atoms with Crippen LogP contribution in [0.15, 0.2) is 17.5 Å². The molecule has 0 radical (unpaired) electrons. The summed E-state index contributed by atoms with van der Waals surface area (Å²) >= 11 is 1.39. The van der Waals surface area contributed by atoms with E-state index in [0.29, 0.717) is 10.8 Å². The number of halogens is 1. The Hall–Kier alpha value is -1.11. The Kier molecular flexibility index (Phi) is 7.14. The van der Waals surface area contributed by atoms with Crippen molar-refractivity contribution in [3.63, 3.8) is 0 Å². The van der Waals surface area contributed by atoms with Crippen LogP contribution in [0.3, 0.4) is 0 Å². The van der Waals surface area contributed by atoms with Gasteiger partial charge in [0.25, 0.3) is 5.91 Å². The molecule has 21 heavy (non-hydrogen) atoms. The summed E-state index contributed by atoms with van der Waals surface area (Å²) in [5, 5.41) is 8.19.